The van der Waals surface area contributed by atoms with Crippen LogP contribution in [0, 0.1) is 6.92 Å². The number of carbonyl (C=O) groups excluding carboxylic acids is 2. The molecule has 0 aliphatic carbocycles. The summed E-state index contributed by atoms with van der Waals surface area (Å²) < 4.78 is 21.7. The van der Waals surface area contributed by atoms with Gasteiger partial charge in [0.1, 0.15) is 29.3 Å². The maximum Gasteiger partial charge on any atom is 0.374 e. The Kier molecular flexibility index (Phi) is 7.33. The molecule has 1 aromatic heterocycles. The van der Waals surface area contributed by atoms with Gasteiger partial charge in [-0.3, -0.25) is 4.79 Å². The predicted molar refractivity (Wildman–Crippen MR) is 123 cm³/mol. The van der Waals surface area contributed by atoms with Crippen molar-refractivity contribution < 1.29 is 28.2 Å². The smallest absolute Gasteiger partial charge is 0.374 e. The van der Waals surface area contributed by atoms with Crippen LogP contribution in [-0.4, -0.2) is 58.1 Å². The number of methoxy groups -OCH3 is 2. The number of nitrogens with zero attached hydrogens (tertiary/aromatic N) is 1. The third-order valence-electron chi connectivity index (χ3n) is 5.02. The molecule has 0 fully saturated rings. The molecule has 7 heteroatoms. The summed E-state index contributed by atoms with van der Waals surface area (Å²) in [6, 6.07) is 10.9. The monoisotopic (exact) mass is 437 g/mol. The zero-order valence-corrected chi connectivity index (χ0v) is 18.9. The molecule has 7 nitrogen and oxygen atoms in total. The van der Waals surface area contributed by atoms with Crippen molar-refractivity contribution in [3.05, 3.63) is 64.9 Å². The molecule has 0 bridgehead atoms. The van der Waals surface area contributed by atoms with Crippen LogP contribution in [0.5, 0.6) is 11.5 Å². The first-order valence-electron chi connectivity index (χ1n) is 10.1. The Balaban J connectivity index is 2.03. The van der Waals surface area contributed by atoms with Crippen molar-refractivity contribution in [1.82, 2.24) is 4.90 Å². The highest BCUT2D eigenvalue weighted by atomic mass is 16.5. The quantitative estimate of drug-likeness (QED) is 0.279. The maximum absolute atomic E-state index is 13.3. The van der Waals surface area contributed by atoms with Crippen LogP contribution in [0.1, 0.15) is 32.0 Å². The molecule has 0 aliphatic rings. The molecule has 3 aromatic rings. The number of rotatable bonds is 9. The molecule has 0 atom stereocenters. The number of hydrogen-bond acceptors (Lipinski definition) is 7. The zero-order chi connectivity index (χ0) is 23.3. The molecular formula is C25H27NO6. The third kappa shape index (κ3) is 5.00. The van der Waals surface area contributed by atoms with Gasteiger partial charge in [-0.25, -0.2) is 4.79 Å². The summed E-state index contributed by atoms with van der Waals surface area (Å²) in [6.07, 6.45) is 3.17. The molecule has 0 saturated carbocycles. The molecule has 168 valence electrons. The molecular weight excluding hydrogens is 410 g/mol. The minimum atomic E-state index is -0.596. The van der Waals surface area contributed by atoms with Crippen molar-refractivity contribution in [2.45, 2.75) is 6.92 Å². The number of allylic oxidation sites excluding steroid dienone is 1. The van der Waals surface area contributed by atoms with E-state index in [4.69, 9.17) is 18.6 Å². The summed E-state index contributed by atoms with van der Waals surface area (Å²) in [5, 5.41) is 0.659. The van der Waals surface area contributed by atoms with Crippen LogP contribution in [0.3, 0.4) is 0 Å². The lowest BCUT2D eigenvalue weighted by molar-refractivity contribution is 0.0566. The number of ether oxygens (including phenoxy) is 3. The highest BCUT2D eigenvalue weighted by molar-refractivity contribution is 6.16. The van der Waals surface area contributed by atoms with Gasteiger partial charge in [-0.2, -0.15) is 0 Å². The first-order valence-corrected chi connectivity index (χ1v) is 10.1. The Morgan fingerprint density at radius 1 is 1.06 bits per heavy atom. The first-order chi connectivity index (χ1) is 15.3. The summed E-state index contributed by atoms with van der Waals surface area (Å²) in [4.78, 5) is 27.4. The van der Waals surface area contributed by atoms with Crippen LogP contribution in [0.25, 0.3) is 17.0 Å². The second-order valence-corrected chi connectivity index (χ2v) is 7.49. The van der Waals surface area contributed by atoms with Crippen molar-refractivity contribution in [3.8, 4) is 11.5 Å². The summed E-state index contributed by atoms with van der Waals surface area (Å²) in [5.74, 6) is 0.309. The summed E-state index contributed by atoms with van der Waals surface area (Å²) >= 11 is 0. The molecule has 0 N–H and O–H groups in total. The topological polar surface area (TPSA) is 78.2 Å². The van der Waals surface area contributed by atoms with Gasteiger partial charge in [-0.15, -0.1) is 0 Å². The van der Waals surface area contributed by atoms with Gasteiger partial charge in [0.15, 0.2) is 5.78 Å². The summed E-state index contributed by atoms with van der Waals surface area (Å²) in [5.41, 5.74) is 2.02. The molecule has 0 radical (unpaired) electrons. The molecule has 0 amide bonds. The van der Waals surface area contributed by atoms with Gasteiger partial charge >= 0.3 is 5.97 Å². The molecule has 1 heterocycles. The van der Waals surface area contributed by atoms with Crippen LogP contribution in [-0.2, 0) is 4.74 Å². The number of aryl methyl sites for hydroxylation is 1. The van der Waals surface area contributed by atoms with Gasteiger partial charge in [-0.05, 0) is 56.9 Å². The average molecular weight is 437 g/mol. The maximum atomic E-state index is 13.3. The van der Waals surface area contributed by atoms with E-state index in [1.807, 2.05) is 43.3 Å². The van der Waals surface area contributed by atoms with Crippen molar-refractivity contribution in [3.63, 3.8) is 0 Å². The van der Waals surface area contributed by atoms with Crippen molar-refractivity contribution in [2.24, 2.45) is 0 Å². The van der Waals surface area contributed by atoms with E-state index in [1.165, 1.54) is 13.2 Å². The van der Waals surface area contributed by atoms with Crippen LogP contribution in [0.2, 0.25) is 0 Å². The van der Waals surface area contributed by atoms with E-state index in [-0.39, 0.29) is 17.1 Å². The fraction of sp³-hybridized carbons (Fsp3) is 0.280. The van der Waals surface area contributed by atoms with E-state index in [2.05, 4.69) is 0 Å². The van der Waals surface area contributed by atoms with Gasteiger partial charge in [0.25, 0.3) is 0 Å². The Morgan fingerprint density at radius 3 is 2.41 bits per heavy atom. The van der Waals surface area contributed by atoms with Crippen molar-refractivity contribution >= 4 is 28.8 Å². The summed E-state index contributed by atoms with van der Waals surface area (Å²) in [6.45, 7) is 2.83. The second kappa shape index (κ2) is 10.2. The van der Waals surface area contributed by atoms with Gasteiger partial charge in [0.05, 0.1) is 14.2 Å². The van der Waals surface area contributed by atoms with E-state index in [0.717, 1.165) is 11.3 Å². The SMILES string of the molecule is COC(=O)c1oc2c(C(=O)/C=C/c3ccc(OC)cc3)c(OCCN(C)C)ccc2c1C. The third-order valence-corrected chi connectivity index (χ3v) is 5.02. The molecule has 2 aromatic carbocycles. The van der Waals surface area contributed by atoms with Crippen LogP contribution >= 0.6 is 0 Å². The number of fused-ring (bicyclic) bond motifs is 1. The molecule has 3 rings (SSSR count). The number of furan rings is 1. The Morgan fingerprint density at radius 2 is 1.78 bits per heavy atom. The highest BCUT2D eigenvalue weighted by Gasteiger charge is 2.24. The predicted octanol–water partition coefficient (Wildman–Crippen LogP) is 4.37. The van der Waals surface area contributed by atoms with Crippen molar-refractivity contribution in [2.75, 3.05) is 41.5 Å². The minimum absolute atomic E-state index is 0.0705. The number of esters is 1. The lowest BCUT2D eigenvalue weighted by Gasteiger charge is -2.13. The van der Waals surface area contributed by atoms with Gasteiger partial charge in [0.2, 0.25) is 5.76 Å². The van der Waals surface area contributed by atoms with E-state index in [0.29, 0.717) is 35.4 Å². The lowest BCUT2D eigenvalue weighted by Crippen LogP contribution is -2.20. The first kappa shape index (κ1) is 23.1. The number of ketones is 1. The van der Waals surface area contributed by atoms with E-state index >= 15 is 0 Å². The molecule has 32 heavy (non-hydrogen) atoms. The number of hydrogen-bond donors (Lipinski definition) is 0. The van der Waals surface area contributed by atoms with Crippen LogP contribution in [0.4, 0.5) is 0 Å². The fourth-order valence-electron chi connectivity index (χ4n) is 3.22. The molecule has 0 aliphatic heterocycles. The molecule has 0 saturated heterocycles. The second-order valence-electron chi connectivity index (χ2n) is 7.49. The molecule has 0 spiro atoms. The number of carbonyl (C=O) groups is 2. The standard InChI is InChI=1S/C25H27NO6/c1-16-19-11-13-21(31-15-14-26(2)3)22(24(19)32-23(16)25(28)30-5)20(27)12-8-17-6-9-18(29-4)10-7-17/h6-13H,14-15H2,1-5H3/b12-8+. The Hall–Kier alpha value is -3.58. The summed E-state index contributed by atoms with van der Waals surface area (Å²) in [7, 11) is 6.76. The largest absolute Gasteiger partial charge is 0.497 e. The normalized spacial score (nSPS) is 11.3. The van der Waals surface area contributed by atoms with E-state index in [1.54, 1.807) is 32.2 Å². The number of benzene rings is 2. The van der Waals surface area contributed by atoms with Gasteiger partial charge in [-0.1, -0.05) is 18.2 Å². The van der Waals surface area contributed by atoms with Gasteiger partial charge < -0.3 is 23.5 Å². The fourth-order valence-corrected chi connectivity index (χ4v) is 3.22. The number of likely N-dealkylation sites (N-methyl/N-ethyl adjacent to an activating group) is 1. The highest BCUT2D eigenvalue weighted by Crippen LogP contribution is 2.34. The van der Waals surface area contributed by atoms with Crippen LogP contribution < -0.4 is 9.47 Å². The van der Waals surface area contributed by atoms with Gasteiger partial charge in [0, 0.05) is 17.5 Å². The molecule has 0 unspecified atom stereocenters. The van der Waals surface area contributed by atoms with E-state index < -0.39 is 5.97 Å². The Labute approximate surface area is 187 Å². The van der Waals surface area contributed by atoms with Crippen molar-refractivity contribution in [1.29, 1.82) is 0 Å². The zero-order valence-electron chi connectivity index (χ0n) is 18.9. The minimum Gasteiger partial charge on any atom is -0.497 e. The average Bonchev–Trinajstić information content (AvgIpc) is 3.13. The lowest BCUT2D eigenvalue weighted by atomic mass is 10.0. The van der Waals surface area contributed by atoms with E-state index in [9.17, 15) is 9.59 Å². The van der Waals surface area contributed by atoms with Crippen LogP contribution in [0.15, 0.2) is 46.9 Å². The Bertz CT molecular complexity index is 1140.